The van der Waals surface area contributed by atoms with Crippen LogP contribution in [0.4, 0.5) is 5.13 Å². The Morgan fingerprint density at radius 3 is 2.32 bits per heavy atom. The van der Waals surface area contributed by atoms with E-state index < -0.39 is 10.0 Å². The minimum Gasteiger partial charge on any atom is -0.279 e. The molecule has 0 saturated heterocycles. The summed E-state index contributed by atoms with van der Waals surface area (Å²) in [5.74, 6) is -0.217. The van der Waals surface area contributed by atoms with Crippen molar-refractivity contribution < 1.29 is 13.2 Å². The van der Waals surface area contributed by atoms with Crippen LogP contribution in [0.5, 0.6) is 0 Å². The molecule has 6 nitrogen and oxygen atoms in total. The number of sulfonamides is 1. The van der Waals surface area contributed by atoms with Crippen LogP contribution in [0.15, 0.2) is 77.7 Å². The smallest absolute Gasteiger partial charge is 0.260 e. The number of hydrogen-bond donors (Lipinski definition) is 0. The summed E-state index contributed by atoms with van der Waals surface area (Å²) in [6.07, 6.45) is 5.06. The molecule has 4 aromatic rings. The van der Waals surface area contributed by atoms with E-state index >= 15 is 0 Å². The zero-order valence-corrected chi connectivity index (χ0v) is 22.8. The van der Waals surface area contributed by atoms with Gasteiger partial charge in [-0.3, -0.25) is 9.69 Å². The zero-order chi connectivity index (χ0) is 26.0. The number of rotatable bonds is 7. The van der Waals surface area contributed by atoms with E-state index in [2.05, 4.69) is 0 Å². The predicted octanol–water partition coefficient (Wildman–Crippen LogP) is 6.40. The van der Waals surface area contributed by atoms with Gasteiger partial charge in [0, 0.05) is 18.7 Å². The monoisotopic (exact) mass is 533 g/mol. The normalized spacial score (nSPS) is 14.8. The Balaban J connectivity index is 1.45. The summed E-state index contributed by atoms with van der Waals surface area (Å²) < 4.78 is 29.1. The number of carbonyl (C=O) groups is 1. The molecular formula is C29H31N3O3S2. The van der Waals surface area contributed by atoms with E-state index in [0.29, 0.717) is 17.2 Å². The van der Waals surface area contributed by atoms with Crippen LogP contribution in [-0.2, 0) is 16.6 Å². The number of hydrogen-bond acceptors (Lipinski definition) is 5. The first-order chi connectivity index (χ1) is 17.8. The molecule has 1 amide bonds. The Labute approximate surface area is 222 Å². The molecule has 0 atom stereocenters. The van der Waals surface area contributed by atoms with Crippen molar-refractivity contribution >= 4 is 42.6 Å². The van der Waals surface area contributed by atoms with E-state index in [4.69, 9.17) is 4.98 Å². The fourth-order valence-corrected chi connectivity index (χ4v) is 7.37. The minimum absolute atomic E-state index is 0.0314. The second-order valence-electron chi connectivity index (χ2n) is 9.63. The number of aromatic nitrogens is 1. The van der Waals surface area contributed by atoms with Gasteiger partial charge >= 0.3 is 0 Å². The number of aryl methyl sites for hydroxylation is 1. The van der Waals surface area contributed by atoms with E-state index in [1.54, 1.807) is 36.2 Å². The van der Waals surface area contributed by atoms with Crippen molar-refractivity contribution in [3.05, 3.63) is 89.5 Å². The molecule has 0 radical (unpaired) electrons. The number of nitrogens with zero attached hydrogens (tertiary/aromatic N) is 3. The van der Waals surface area contributed by atoms with Gasteiger partial charge in [0.15, 0.2) is 5.13 Å². The molecule has 0 bridgehead atoms. The Hall–Kier alpha value is -3.07. The molecule has 1 saturated carbocycles. The molecule has 1 fully saturated rings. The van der Waals surface area contributed by atoms with E-state index in [1.807, 2.05) is 55.5 Å². The molecule has 1 aliphatic rings. The maximum Gasteiger partial charge on any atom is 0.260 e. The number of thiazole rings is 1. The molecule has 1 heterocycles. The largest absolute Gasteiger partial charge is 0.279 e. The molecule has 37 heavy (non-hydrogen) atoms. The standard InChI is InChI=1S/C29H31N3O3S2/c1-21-10-9-15-26-27(21)30-29(36-26)32(20-22-11-5-3-6-12-22)28(33)23-16-18-25(19-17-23)37(34,35)31(2)24-13-7-4-8-14-24/h3,5-6,9-12,15-19,24H,4,7-8,13-14,20H2,1-2H3. The van der Waals surface area contributed by atoms with Gasteiger partial charge in [-0.1, -0.05) is 73.1 Å². The fourth-order valence-electron chi connectivity index (χ4n) is 4.91. The van der Waals surface area contributed by atoms with Gasteiger partial charge in [-0.05, 0) is 61.2 Å². The second kappa shape index (κ2) is 10.7. The summed E-state index contributed by atoms with van der Waals surface area (Å²) in [6, 6.07) is 22.2. The quantitative estimate of drug-likeness (QED) is 0.275. The number of anilines is 1. The lowest BCUT2D eigenvalue weighted by molar-refractivity contribution is 0.0985. The predicted molar refractivity (Wildman–Crippen MR) is 150 cm³/mol. The first kappa shape index (κ1) is 25.6. The molecular weight excluding hydrogens is 502 g/mol. The van der Waals surface area contributed by atoms with E-state index in [-0.39, 0.29) is 16.8 Å². The Bertz CT molecular complexity index is 1490. The maximum absolute atomic E-state index is 13.8. The molecule has 0 unspecified atom stereocenters. The van der Waals surface area contributed by atoms with Gasteiger partial charge in [0.2, 0.25) is 10.0 Å². The van der Waals surface area contributed by atoms with Gasteiger partial charge < -0.3 is 0 Å². The third-order valence-corrected chi connectivity index (χ3v) is 10.1. The average molecular weight is 534 g/mol. The minimum atomic E-state index is -3.63. The van der Waals surface area contributed by atoms with Crippen LogP contribution in [0.2, 0.25) is 0 Å². The van der Waals surface area contributed by atoms with Crippen LogP contribution >= 0.6 is 11.3 Å². The van der Waals surface area contributed by atoms with Gasteiger partial charge in [0.25, 0.3) is 5.91 Å². The van der Waals surface area contributed by atoms with Crippen LogP contribution in [-0.4, -0.2) is 36.7 Å². The van der Waals surface area contributed by atoms with Crippen molar-refractivity contribution in [3.63, 3.8) is 0 Å². The molecule has 0 N–H and O–H groups in total. The summed E-state index contributed by atoms with van der Waals surface area (Å²) in [4.78, 5) is 20.5. The lowest BCUT2D eigenvalue weighted by Crippen LogP contribution is -2.38. The molecule has 0 spiro atoms. The number of carbonyl (C=O) groups excluding carboxylic acids is 1. The Morgan fingerprint density at radius 2 is 1.65 bits per heavy atom. The molecule has 3 aromatic carbocycles. The van der Waals surface area contributed by atoms with Crippen molar-refractivity contribution in [1.82, 2.24) is 9.29 Å². The lowest BCUT2D eigenvalue weighted by Gasteiger charge is -2.30. The highest BCUT2D eigenvalue weighted by molar-refractivity contribution is 7.89. The molecule has 5 rings (SSSR count). The van der Waals surface area contributed by atoms with Crippen LogP contribution in [0.3, 0.4) is 0 Å². The summed E-state index contributed by atoms with van der Waals surface area (Å²) in [7, 11) is -1.96. The fraction of sp³-hybridized carbons (Fsp3) is 0.310. The number of amides is 1. The van der Waals surface area contributed by atoms with Gasteiger partial charge in [-0.2, -0.15) is 4.31 Å². The highest BCUT2D eigenvalue weighted by Gasteiger charge is 2.29. The van der Waals surface area contributed by atoms with Crippen molar-refractivity contribution in [2.24, 2.45) is 0 Å². The average Bonchev–Trinajstić information content (AvgIpc) is 3.37. The Morgan fingerprint density at radius 1 is 0.946 bits per heavy atom. The molecule has 192 valence electrons. The summed E-state index contributed by atoms with van der Waals surface area (Å²) >= 11 is 1.48. The van der Waals surface area contributed by atoms with Crippen molar-refractivity contribution in [2.75, 3.05) is 11.9 Å². The van der Waals surface area contributed by atoms with Crippen LogP contribution in [0.25, 0.3) is 10.2 Å². The number of benzene rings is 3. The van der Waals surface area contributed by atoms with Gasteiger partial charge in [0.1, 0.15) is 0 Å². The van der Waals surface area contributed by atoms with Crippen LogP contribution in [0, 0.1) is 6.92 Å². The third-order valence-electron chi connectivity index (χ3n) is 7.14. The SMILES string of the molecule is Cc1cccc2sc(N(Cc3ccccc3)C(=O)c3ccc(S(=O)(=O)N(C)C4CCCCC4)cc3)nc12. The van der Waals surface area contributed by atoms with Gasteiger partial charge in [-0.25, -0.2) is 13.4 Å². The zero-order valence-electron chi connectivity index (χ0n) is 21.1. The molecule has 1 aromatic heterocycles. The number of para-hydroxylation sites is 1. The Kier molecular flexibility index (Phi) is 7.42. The lowest BCUT2D eigenvalue weighted by atomic mass is 9.96. The summed E-state index contributed by atoms with van der Waals surface area (Å²) in [5.41, 5.74) is 3.36. The number of fused-ring (bicyclic) bond motifs is 1. The molecule has 8 heteroatoms. The highest BCUT2D eigenvalue weighted by Crippen LogP contribution is 2.33. The van der Waals surface area contributed by atoms with Crippen LogP contribution < -0.4 is 4.90 Å². The second-order valence-corrected chi connectivity index (χ2v) is 12.6. The third kappa shape index (κ3) is 5.32. The topological polar surface area (TPSA) is 70.6 Å². The first-order valence-electron chi connectivity index (χ1n) is 12.6. The van der Waals surface area contributed by atoms with Gasteiger partial charge in [-0.15, -0.1) is 0 Å². The molecule has 1 aliphatic carbocycles. The van der Waals surface area contributed by atoms with Crippen molar-refractivity contribution in [1.29, 1.82) is 0 Å². The summed E-state index contributed by atoms with van der Waals surface area (Å²) in [6.45, 7) is 2.38. The maximum atomic E-state index is 13.8. The van der Waals surface area contributed by atoms with Crippen molar-refractivity contribution in [2.45, 2.75) is 56.5 Å². The highest BCUT2D eigenvalue weighted by atomic mass is 32.2. The molecule has 0 aliphatic heterocycles. The van der Waals surface area contributed by atoms with Gasteiger partial charge in [0.05, 0.1) is 21.7 Å². The van der Waals surface area contributed by atoms with Crippen LogP contribution in [0.1, 0.15) is 53.6 Å². The van der Waals surface area contributed by atoms with Crippen molar-refractivity contribution in [3.8, 4) is 0 Å². The van der Waals surface area contributed by atoms with E-state index in [0.717, 1.165) is 53.4 Å². The summed E-state index contributed by atoms with van der Waals surface area (Å²) in [5, 5.41) is 0.617. The van der Waals surface area contributed by atoms with E-state index in [1.165, 1.54) is 15.6 Å². The first-order valence-corrected chi connectivity index (χ1v) is 14.9. The van der Waals surface area contributed by atoms with E-state index in [9.17, 15) is 13.2 Å².